The first-order chi connectivity index (χ1) is 7.22. The van der Waals surface area contributed by atoms with Gasteiger partial charge in [-0.1, -0.05) is 6.07 Å². The Morgan fingerprint density at radius 3 is 2.80 bits per heavy atom. The van der Waals surface area contributed by atoms with Gasteiger partial charge < -0.3 is 16.2 Å². The predicted octanol–water partition coefficient (Wildman–Crippen LogP) is 0.720. The van der Waals surface area contributed by atoms with Crippen LogP contribution < -0.4 is 16.2 Å². The van der Waals surface area contributed by atoms with Crippen molar-refractivity contribution < 1.29 is 4.74 Å². The van der Waals surface area contributed by atoms with E-state index in [9.17, 15) is 0 Å². The second-order valence-corrected chi connectivity index (χ2v) is 3.25. The summed E-state index contributed by atoms with van der Waals surface area (Å²) in [6.45, 7) is 0.354. The maximum absolute atomic E-state index is 8.60. The van der Waals surface area contributed by atoms with E-state index in [1.54, 1.807) is 7.11 Å². The van der Waals surface area contributed by atoms with E-state index in [-0.39, 0.29) is 6.04 Å². The summed E-state index contributed by atoms with van der Waals surface area (Å²) in [6, 6.07) is 7.39. The Labute approximate surface area is 89.4 Å². The molecule has 0 spiro atoms. The molecule has 0 saturated heterocycles. The summed E-state index contributed by atoms with van der Waals surface area (Å²) in [5.74, 6) is 0.717. The highest BCUT2D eigenvalue weighted by atomic mass is 16.5. The standard InChI is InChI=1S/C11H15N3O/c1-15-11-3-2-8(4-5-12)6-9(11)10(14)7-13/h2-3,6,10H,4,7,13-14H2,1H3/t10-/m1/s1. The van der Waals surface area contributed by atoms with Crippen LogP contribution in [0.4, 0.5) is 0 Å². The Kier molecular flexibility index (Phi) is 4.10. The van der Waals surface area contributed by atoms with E-state index in [1.165, 1.54) is 0 Å². The molecule has 15 heavy (non-hydrogen) atoms. The smallest absolute Gasteiger partial charge is 0.123 e. The summed E-state index contributed by atoms with van der Waals surface area (Å²) < 4.78 is 5.18. The van der Waals surface area contributed by atoms with Gasteiger partial charge in [0.2, 0.25) is 0 Å². The summed E-state index contributed by atoms with van der Waals surface area (Å²) in [4.78, 5) is 0. The molecule has 0 radical (unpaired) electrons. The number of benzene rings is 1. The van der Waals surface area contributed by atoms with Gasteiger partial charge in [-0.2, -0.15) is 5.26 Å². The van der Waals surface area contributed by atoms with Crippen LogP contribution >= 0.6 is 0 Å². The largest absolute Gasteiger partial charge is 0.496 e. The topological polar surface area (TPSA) is 85.1 Å². The minimum Gasteiger partial charge on any atom is -0.496 e. The lowest BCUT2D eigenvalue weighted by atomic mass is 10.0. The van der Waals surface area contributed by atoms with Crippen LogP contribution in [0.2, 0.25) is 0 Å². The minimum absolute atomic E-state index is 0.251. The van der Waals surface area contributed by atoms with Crippen molar-refractivity contribution in [2.45, 2.75) is 12.5 Å². The number of nitrogens with zero attached hydrogens (tertiary/aromatic N) is 1. The molecule has 0 aliphatic carbocycles. The average molecular weight is 205 g/mol. The van der Waals surface area contributed by atoms with Crippen molar-refractivity contribution in [2.24, 2.45) is 11.5 Å². The molecular weight excluding hydrogens is 190 g/mol. The van der Waals surface area contributed by atoms with Gasteiger partial charge in [0.1, 0.15) is 5.75 Å². The lowest BCUT2D eigenvalue weighted by Crippen LogP contribution is -2.21. The maximum atomic E-state index is 8.60. The van der Waals surface area contributed by atoms with Gasteiger partial charge >= 0.3 is 0 Å². The van der Waals surface area contributed by atoms with Crippen LogP contribution in [-0.4, -0.2) is 13.7 Å². The van der Waals surface area contributed by atoms with Crippen molar-refractivity contribution in [3.8, 4) is 11.8 Å². The molecule has 1 atom stereocenters. The zero-order valence-corrected chi connectivity index (χ0v) is 8.73. The molecule has 0 aromatic heterocycles. The van der Waals surface area contributed by atoms with Gasteiger partial charge in [-0.15, -0.1) is 0 Å². The molecule has 1 aromatic rings. The maximum Gasteiger partial charge on any atom is 0.123 e. The molecule has 80 valence electrons. The first-order valence-corrected chi connectivity index (χ1v) is 4.72. The highest BCUT2D eigenvalue weighted by molar-refractivity contribution is 5.40. The van der Waals surface area contributed by atoms with Crippen molar-refractivity contribution in [2.75, 3.05) is 13.7 Å². The van der Waals surface area contributed by atoms with Crippen LogP contribution in [0.1, 0.15) is 17.2 Å². The monoisotopic (exact) mass is 205 g/mol. The Hall–Kier alpha value is -1.57. The molecule has 0 fully saturated rings. The second-order valence-electron chi connectivity index (χ2n) is 3.25. The number of hydrogen-bond acceptors (Lipinski definition) is 4. The number of ether oxygens (including phenoxy) is 1. The zero-order chi connectivity index (χ0) is 11.3. The molecule has 0 bridgehead atoms. The van der Waals surface area contributed by atoms with Gasteiger partial charge in [0.25, 0.3) is 0 Å². The van der Waals surface area contributed by atoms with Crippen LogP contribution in [-0.2, 0) is 6.42 Å². The fourth-order valence-corrected chi connectivity index (χ4v) is 1.40. The summed E-state index contributed by atoms with van der Waals surface area (Å²) >= 11 is 0. The molecule has 0 saturated carbocycles. The van der Waals surface area contributed by atoms with E-state index in [0.29, 0.717) is 13.0 Å². The highest BCUT2D eigenvalue weighted by Crippen LogP contribution is 2.24. The average Bonchev–Trinajstić information content (AvgIpc) is 2.28. The molecule has 1 aromatic carbocycles. The number of nitrogens with two attached hydrogens (primary N) is 2. The third-order valence-corrected chi connectivity index (χ3v) is 2.23. The lowest BCUT2D eigenvalue weighted by Gasteiger charge is -2.14. The molecule has 0 heterocycles. The zero-order valence-electron chi connectivity index (χ0n) is 8.73. The second kappa shape index (κ2) is 5.35. The Balaban J connectivity index is 3.08. The first-order valence-electron chi connectivity index (χ1n) is 4.72. The van der Waals surface area contributed by atoms with Crippen molar-refractivity contribution in [1.82, 2.24) is 0 Å². The predicted molar refractivity (Wildman–Crippen MR) is 58.3 cm³/mol. The molecule has 4 N–H and O–H groups in total. The van der Waals surface area contributed by atoms with Crippen molar-refractivity contribution in [3.63, 3.8) is 0 Å². The highest BCUT2D eigenvalue weighted by Gasteiger charge is 2.10. The molecule has 0 unspecified atom stereocenters. The Morgan fingerprint density at radius 1 is 1.53 bits per heavy atom. The van der Waals surface area contributed by atoms with Crippen LogP contribution in [0, 0.1) is 11.3 Å². The van der Waals surface area contributed by atoms with Crippen molar-refractivity contribution in [1.29, 1.82) is 5.26 Å². The van der Waals surface area contributed by atoms with Gasteiger partial charge in [0.05, 0.1) is 19.6 Å². The van der Waals surface area contributed by atoms with Crippen LogP contribution in [0.3, 0.4) is 0 Å². The number of rotatable bonds is 4. The van der Waals surface area contributed by atoms with E-state index in [1.807, 2.05) is 18.2 Å². The third kappa shape index (κ3) is 2.69. The van der Waals surface area contributed by atoms with Gasteiger partial charge in [-0.25, -0.2) is 0 Å². The molecule has 0 aliphatic rings. The molecule has 0 aliphatic heterocycles. The summed E-state index contributed by atoms with van der Waals surface area (Å²) in [6.07, 6.45) is 0.369. The van der Waals surface area contributed by atoms with Crippen LogP contribution in [0.5, 0.6) is 5.75 Å². The van der Waals surface area contributed by atoms with Gasteiger partial charge in [-0.3, -0.25) is 0 Å². The van der Waals surface area contributed by atoms with Crippen LogP contribution in [0.25, 0.3) is 0 Å². The van der Waals surface area contributed by atoms with E-state index < -0.39 is 0 Å². The normalized spacial score (nSPS) is 11.9. The Morgan fingerprint density at radius 2 is 2.27 bits per heavy atom. The number of hydrogen-bond donors (Lipinski definition) is 2. The fraction of sp³-hybridized carbons (Fsp3) is 0.364. The molecule has 4 nitrogen and oxygen atoms in total. The van der Waals surface area contributed by atoms with Crippen LogP contribution in [0.15, 0.2) is 18.2 Å². The molecule has 0 amide bonds. The minimum atomic E-state index is -0.251. The Bertz CT molecular complexity index is 371. The summed E-state index contributed by atoms with van der Waals surface area (Å²) in [5, 5.41) is 8.60. The summed E-state index contributed by atoms with van der Waals surface area (Å²) in [7, 11) is 1.59. The third-order valence-electron chi connectivity index (χ3n) is 2.23. The quantitative estimate of drug-likeness (QED) is 0.758. The molecule has 4 heteroatoms. The fourth-order valence-electron chi connectivity index (χ4n) is 1.40. The van der Waals surface area contributed by atoms with E-state index in [0.717, 1.165) is 16.9 Å². The van der Waals surface area contributed by atoms with Crippen molar-refractivity contribution in [3.05, 3.63) is 29.3 Å². The van der Waals surface area contributed by atoms with E-state index in [2.05, 4.69) is 6.07 Å². The van der Waals surface area contributed by atoms with Gasteiger partial charge in [-0.05, 0) is 17.7 Å². The van der Waals surface area contributed by atoms with Gasteiger partial charge in [0.15, 0.2) is 0 Å². The van der Waals surface area contributed by atoms with E-state index in [4.69, 9.17) is 21.5 Å². The summed E-state index contributed by atoms with van der Waals surface area (Å²) in [5.41, 5.74) is 13.1. The first kappa shape index (κ1) is 11.5. The van der Waals surface area contributed by atoms with E-state index >= 15 is 0 Å². The SMILES string of the molecule is COc1ccc(CC#N)cc1[C@H](N)CN. The molecule has 1 rings (SSSR count). The van der Waals surface area contributed by atoms with Gasteiger partial charge in [0, 0.05) is 18.2 Å². The number of nitriles is 1. The molecular formula is C11H15N3O. The van der Waals surface area contributed by atoms with Crippen molar-refractivity contribution >= 4 is 0 Å². The number of methoxy groups -OCH3 is 1. The lowest BCUT2D eigenvalue weighted by molar-refractivity contribution is 0.406.